The van der Waals surface area contributed by atoms with Gasteiger partial charge in [0.05, 0.1) is 19.8 Å². The molecule has 0 radical (unpaired) electrons. The average molecular weight is 230 g/mol. The number of hydrogen-bond donors (Lipinski definition) is 0. The SMILES string of the molecule is CCC(=O)CCCOCCOCCC(C)=O. The Morgan fingerprint density at radius 2 is 1.56 bits per heavy atom. The van der Waals surface area contributed by atoms with Crippen LogP contribution < -0.4 is 0 Å². The van der Waals surface area contributed by atoms with Crippen molar-refractivity contribution in [1.82, 2.24) is 0 Å². The topological polar surface area (TPSA) is 52.6 Å². The molecular formula is C12H22O4. The van der Waals surface area contributed by atoms with Gasteiger partial charge in [0.2, 0.25) is 0 Å². The fraction of sp³-hybridized carbons (Fsp3) is 0.833. The van der Waals surface area contributed by atoms with Crippen molar-refractivity contribution in [3.05, 3.63) is 0 Å². The number of ketones is 2. The van der Waals surface area contributed by atoms with E-state index in [2.05, 4.69) is 0 Å². The van der Waals surface area contributed by atoms with Crippen molar-refractivity contribution in [2.75, 3.05) is 26.4 Å². The second-order valence-corrected chi connectivity index (χ2v) is 3.67. The molecule has 0 fully saturated rings. The van der Waals surface area contributed by atoms with E-state index in [0.717, 1.165) is 6.42 Å². The normalized spacial score (nSPS) is 10.4. The largest absolute Gasteiger partial charge is 0.379 e. The Hall–Kier alpha value is -0.740. The Balaban J connectivity index is 3.04. The van der Waals surface area contributed by atoms with Crippen LogP contribution in [0.4, 0.5) is 0 Å². The van der Waals surface area contributed by atoms with Gasteiger partial charge in [-0.25, -0.2) is 0 Å². The maximum Gasteiger partial charge on any atom is 0.132 e. The minimum absolute atomic E-state index is 0.138. The minimum Gasteiger partial charge on any atom is -0.379 e. The van der Waals surface area contributed by atoms with Crippen molar-refractivity contribution in [3.63, 3.8) is 0 Å². The van der Waals surface area contributed by atoms with Crippen molar-refractivity contribution >= 4 is 11.6 Å². The van der Waals surface area contributed by atoms with Gasteiger partial charge in [0.25, 0.3) is 0 Å². The smallest absolute Gasteiger partial charge is 0.132 e. The summed E-state index contributed by atoms with van der Waals surface area (Å²) < 4.78 is 10.5. The monoisotopic (exact) mass is 230 g/mol. The van der Waals surface area contributed by atoms with Gasteiger partial charge < -0.3 is 9.47 Å². The maximum atomic E-state index is 10.9. The molecule has 0 aliphatic carbocycles. The number of ether oxygens (including phenoxy) is 2. The molecule has 0 aromatic carbocycles. The van der Waals surface area contributed by atoms with Crippen LogP contribution in [0.15, 0.2) is 0 Å². The third-order valence-electron chi connectivity index (χ3n) is 2.11. The zero-order valence-electron chi connectivity index (χ0n) is 10.3. The lowest BCUT2D eigenvalue weighted by molar-refractivity contribution is -0.119. The lowest BCUT2D eigenvalue weighted by Crippen LogP contribution is -2.08. The van der Waals surface area contributed by atoms with Gasteiger partial charge in [0.15, 0.2) is 0 Å². The predicted octanol–water partition coefficient (Wildman–Crippen LogP) is 1.76. The fourth-order valence-corrected chi connectivity index (χ4v) is 1.09. The summed E-state index contributed by atoms with van der Waals surface area (Å²) in [5.41, 5.74) is 0. The van der Waals surface area contributed by atoms with Gasteiger partial charge in [-0.15, -0.1) is 0 Å². The summed E-state index contributed by atoms with van der Waals surface area (Å²) in [7, 11) is 0. The molecule has 0 spiro atoms. The molecule has 0 aliphatic heterocycles. The summed E-state index contributed by atoms with van der Waals surface area (Å²) >= 11 is 0. The van der Waals surface area contributed by atoms with E-state index in [1.165, 1.54) is 0 Å². The van der Waals surface area contributed by atoms with Crippen LogP contribution in [-0.2, 0) is 19.1 Å². The van der Waals surface area contributed by atoms with Crippen LogP contribution in [0.1, 0.15) is 39.5 Å². The Morgan fingerprint density at radius 1 is 0.938 bits per heavy atom. The third-order valence-corrected chi connectivity index (χ3v) is 2.11. The first-order chi connectivity index (χ1) is 7.66. The number of hydrogen-bond acceptors (Lipinski definition) is 4. The van der Waals surface area contributed by atoms with E-state index < -0.39 is 0 Å². The number of Topliss-reactive ketones (excluding diaryl/α,β-unsaturated/α-hetero) is 2. The molecule has 0 aromatic rings. The number of rotatable bonds is 11. The van der Waals surface area contributed by atoms with E-state index in [-0.39, 0.29) is 11.6 Å². The first kappa shape index (κ1) is 15.3. The van der Waals surface area contributed by atoms with E-state index in [1.54, 1.807) is 6.92 Å². The lowest BCUT2D eigenvalue weighted by Gasteiger charge is -2.04. The molecular weight excluding hydrogens is 208 g/mol. The van der Waals surface area contributed by atoms with Gasteiger partial charge in [-0.1, -0.05) is 6.92 Å². The molecule has 0 bridgehead atoms. The van der Waals surface area contributed by atoms with Crippen LogP contribution in [0.3, 0.4) is 0 Å². The standard InChI is InChI=1S/C12H22O4/c1-3-12(14)5-4-7-15-9-10-16-8-6-11(2)13/h3-10H2,1-2H3. The molecule has 0 saturated heterocycles. The van der Waals surface area contributed by atoms with Gasteiger partial charge in [0.1, 0.15) is 11.6 Å². The molecule has 0 saturated carbocycles. The Bertz CT molecular complexity index is 201. The maximum absolute atomic E-state index is 10.9. The average Bonchev–Trinajstić information content (AvgIpc) is 2.26. The molecule has 0 rings (SSSR count). The molecule has 4 heteroatoms. The van der Waals surface area contributed by atoms with Gasteiger partial charge in [-0.3, -0.25) is 9.59 Å². The zero-order chi connectivity index (χ0) is 12.2. The van der Waals surface area contributed by atoms with E-state index >= 15 is 0 Å². The van der Waals surface area contributed by atoms with Crippen LogP contribution in [-0.4, -0.2) is 38.0 Å². The van der Waals surface area contributed by atoms with Crippen molar-refractivity contribution in [3.8, 4) is 0 Å². The van der Waals surface area contributed by atoms with E-state index in [0.29, 0.717) is 45.7 Å². The summed E-state index contributed by atoms with van der Waals surface area (Å²) in [5.74, 6) is 0.417. The highest BCUT2D eigenvalue weighted by molar-refractivity contribution is 5.77. The van der Waals surface area contributed by atoms with E-state index in [4.69, 9.17) is 9.47 Å². The van der Waals surface area contributed by atoms with Crippen molar-refractivity contribution in [2.45, 2.75) is 39.5 Å². The summed E-state index contributed by atoms with van der Waals surface area (Å²) in [6.45, 7) is 5.51. The predicted molar refractivity (Wildman–Crippen MR) is 61.5 cm³/mol. The quantitative estimate of drug-likeness (QED) is 0.507. The second-order valence-electron chi connectivity index (χ2n) is 3.67. The summed E-state index contributed by atoms with van der Waals surface area (Å²) in [6.07, 6.45) is 2.45. The highest BCUT2D eigenvalue weighted by atomic mass is 16.5. The summed E-state index contributed by atoms with van der Waals surface area (Å²) in [5, 5.41) is 0. The molecule has 94 valence electrons. The Kier molecular flexibility index (Phi) is 10.3. The van der Waals surface area contributed by atoms with Crippen molar-refractivity contribution in [1.29, 1.82) is 0 Å². The summed E-state index contributed by atoms with van der Waals surface area (Å²) in [6, 6.07) is 0. The van der Waals surface area contributed by atoms with Gasteiger partial charge >= 0.3 is 0 Å². The Labute approximate surface area is 97.3 Å². The molecule has 0 aromatic heterocycles. The molecule has 0 atom stereocenters. The van der Waals surface area contributed by atoms with Crippen molar-refractivity contribution in [2.24, 2.45) is 0 Å². The summed E-state index contributed by atoms with van der Waals surface area (Å²) in [4.78, 5) is 21.5. The van der Waals surface area contributed by atoms with Crippen molar-refractivity contribution < 1.29 is 19.1 Å². The molecule has 0 heterocycles. The number of carbonyl (C=O) groups is 2. The minimum atomic E-state index is 0.138. The first-order valence-corrected chi connectivity index (χ1v) is 5.83. The molecule has 0 amide bonds. The van der Waals surface area contributed by atoms with E-state index in [9.17, 15) is 9.59 Å². The fourth-order valence-electron chi connectivity index (χ4n) is 1.09. The van der Waals surface area contributed by atoms with Gasteiger partial charge in [-0.05, 0) is 13.3 Å². The third kappa shape index (κ3) is 11.3. The lowest BCUT2D eigenvalue weighted by atomic mass is 10.2. The highest BCUT2D eigenvalue weighted by Gasteiger charge is 1.97. The van der Waals surface area contributed by atoms with Crippen LogP contribution in [0.25, 0.3) is 0 Å². The zero-order valence-corrected chi connectivity index (χ0v) is 10.3. The van der Waals surface area contributed by atoms with Crippen LogP contribution in [0, 0.1) is 0 Å². The molecule has 4 nitrogen and oxygen atoms in total. The van der Waals surface area contributed by atoms with Gasteiger partial charge in [-0.2, -0.15) is 0 Å². The highest BCUT2D eigenvalue weighted by Crippen LogP contribution is 1.95. The molecule has 0 aliphatic rings. The number of carbonyl (C=O) groups excluding carboxylic acids is 2. The van der Waals surface area contributed by atoms with E-state index in [1.807, 2.05) is 6.92 Å². The molecule has 0 unspecified atom stereocenters. The first-order valence-electron chi connectivity index (χ1n) is 5.83. The molecule has 16 heavy (non-hydrogen) atoms. The van der Waals surface area contributed by atoms with Gasteiger partial charge in [0, 0.05) is 25.9 Å². The molecule has 0 N–H and O–H groups in total. The Morgan fingerprint density at radius 3 is 2.12 bits per heavy atom. The van der Waals surface area contributed by atoms with Crippen LogP contribution in [0.2, 0.25) is 0 Å². The second kappa shape index (κ2) is 10.8. The van der Waals surface area contributed by atoms with Crippen LogP contribution >= 0.6 is 0 Å². The van der Waals surface area contributed by atoms with Crippen LogP contribution in [0.5, 0.6) is 0 Å².